The van der Waals surface area contributed by atoms with Gasteiger partial charge in [-0.15, -0.1) is 0 Å². The van der Waals surface area contributed by atoms with Crippen molar-refractivity contribution in [2.75, 3.05) is 44.4 Å². The average molecular weight is 276 g/mol. The van der Waals surface area contributed by atoms with Crippen LogP contribution in [0.2, 0.25) is 0 Å². The summed E-state index contributed by atoms with van der Waals surface area (Å²) in [6.45, 7) is 2.08. The van der Waals surface area contributed by atoms with Gasteiger partial charge in [-0.3, -0.25) is 0 Å². The molecule has 1 aromatic carbocycles. The van der Waals surface area contributed by atoms with Gasteiger partial charge in [0.25, 0.3) is 0 Å². The number of hydrogen-bond donors (Lipinski definition) is 2. The predicted octanol–water partition coefficient (Wildman–Crippen LogP) is 1.97. The Labute approximate surface area is 120 Å². The second-order valence-corrected chi connectivity index (χ2v) is 5.59. The Bertz CT molecular complexity index is 453. The van der Waals surface area contributed by atoms with Gasteiger partial charge >= 0.3 is 6.03 Å². The zero-order chi connectivity index (χ0) is 14.5. The highest BCUT2D eigenvalue weighted by Gasteiger charge is 2.18. The van der Waals surface area contributed by atoms with E-state index in [1.54, 1.807) is 0 Å². The molecule has 0 aromatic heterocycles. The molecular weight excluding hydrogens is 252 g/mol. The van der Waals surface area contributed by atoms with Crippen molar-refractivity contribution in [3.8, 4) is 0 Å². The van der Waals surface area contributed by atoms with Gasteiger partial charge < -0.3 is 20.4 Å². The topological polar surface area (TPSA) is 47.6 Å². The Hall–Kier alpha value is -1.75. The lowest BCUT2D eigenvalue weighted by atomic mass is 10.1. The van der Waals surface area contributed by atoms with E-state index >= 15 is 0 Å². The molecule has 0 radical (unpaired) electrons. The molecule has 0 unspecified atom stereocenters. The van der Waals surface area contributed by atoms with E-state index in [-0.39, 0.29) is 12.1 Å². The van der Waals surface area contributed by atoms with Gasteiger partial charge in [-0.25, -0.2) is 4.79 Å². The number of rotatable bonds is 3. The molecule has 1 heterocycles. The van der Waals surface area contributed by atoms with Crippen molar-refractivity contribution in [1.29, 1.82) is 0 Å². The number of nitrogens with one attached hydrogen (secondary N) is 2. The third-order valence-corrected chi connectivity index (χ3v) is 3.69. The maximum Gasteiger partial charge on any atom is 0.319 e. The number of carbonyl (C=O) groups is 1. The second-order valence-electron chi connectivity index (χ2n) is 5.59. The molecule has 0 aliphatic carbocycles. The number of hydrogen-bond acceptors (Lipinski definition) is 3. The van der Waals surface area contributed by atoms with Crippen LogP contribution in [-0.4, -0.2) is 51.2 Å². The fourth-order valence-electron chi connectivity index (χ4n) is 2.47. The lowest BCUT2D eigenvalue weighted by Crippen LogP contribution is -2.44. The van der Waals surface area contributed by atoms with Crippen LogP contribution < -0.4 is 15.5 Å². The Morgan fingerprint density at radius 3 is 2.55 bits per heavy atom. The molecule has 2 rings (SSSR count). The predicted molar refractivity (Wildman–Crippen MR) is 83.4 cm³/mol. The molecule has 0 atom stereocenters. The SMILES string of the molecule is CN1CCC(NC(=O)Nc2ccccc2N(C)C)CC1. The van der Waals surface area contributed by atoms with E-state index in [1.165, 1.54) is 0 Å². The Morgan fingerprint density at radius 1 is 1.25 bits per heavy atom. The molecule has 2 N–H and O–H groups in total. The summed E-state index contributed by atoms with van der Waals surface area (Å²) < 4.78 is 0. The smallest absolute Gasteiger partial charge is 0.319 e. The Morgan fingerprint density at radius 2 is 1.90 bits per heavy atom. The summed E-state index contributed by atoms with van der Waals surface area (Å²) in [5.74, 6) is 0. The minimum atomic E-state index is -0.117. The maximum absolute atomic E-state index is 12.1. The summed E-state index contributed by atoms with van der Waals surface area (Å²) >= 11 is 0. The quantitative estimate of drug-likeness (QED) is 0.887. The van der Waals surface area contributed by atoms with Gasteiger partial charge in [-0.05, 0) is 45.1 Å². The lowest BCUT2D eigenvalue weighted by Gasteiger charge is -2.29. The highest BCUT2D eigenvalue weighted by Crippen LogP contribution is 2.23. The fourth-order valence-corrected chi connectivity index (χ4v) is 2.47. The Balaban J connectivity index is 1.91. The van der Waals surface area contributed by atoms with Gasteiger partial charge in [0.2, 0.25) is 0 Å². The summed E-state index contributed by atoms with van der Waals surface area (Å²) in [6.07, 6.45) is 2.03. The molecule has 2 amide bonds. The van der Waals surface area contributed by atoms with Crippen LogP contribution in [0.4, 0.5) is 16.2 Å². The van der Waals surface area contributed by atoms with Crippen molar-refractivity contribution >= 4 is 17.4 Å². The average Bonchev–Trinajstić information content (AvgIpc) is 2.41. The van der Waals surface area contributed by atoms with Gasteiger partial charge in [0.05, 0.1) is 11.4 Å². The lowest BCUT2D eigenvalue weighted by molar-refractivity contribution is 0.221. The molecule has 5 heteroatoms. The van der Waals surface area contributed by atoms with Crippen LogP contribution in [0.5, 0.6) is 0 Å². The molecule has 0 bridgehead atoms. The van der Waals surface area contributed by atoms with Crippen molar-refractivity contribution in [2.24, 2.45) is 0 Å². The first-order chi connectivity index (χ1) is 9.56. The van der Waals surface area contributed by atoms with E-state index in [1.807, 2.05) is 43.3 Å². The molecule has 1 aromatic rings. The molecular formula is C15H24N4O. The summed E-state index contributed by atoms with van der Waals surface area (Å²) in [5.41, 5.74) is 1.84. The number of amides is 2. The summed E-state index contributed by atoms with van der Waals surface area (Å²) in [4.78, 5) is 16.4. The molecule has 110 valence electrons. The number of carbonyl (C=O) groups excluding carboxylic acids is 1. The first kappa shape index (κ1) is 14.7. The zero-order valence-corrected chi connectivity index (χ0v) is 12.5. The van der Waals surface area contributed by atoms with E-state index in [0.29, 0.717) is 0 Å². The second kappa shape index (κ2) is 6.61. The highest BCUT2D eigenvalue weighted by atomic mass is 16.2. The summed E-state index contributed by atoms with van der Waals surface area (Å²) in [6, 6.07) is 7.97. The standard InChI is InChI=1S/C15H24N4O/c1-18(2)14-7-5-4-6-13(14)17-15(20)16-12-8-10-19(3)11-9-12/h4-7,12H,8-11H2,1-3H3,(H2,16,17,20). The van der Waals surface area contributed by atoms with E-state index < -0.39 is 0 Å². The summed E-state index contributed by atoms with van der Waals surface area (Å²) in [7, 11) is 6.05. The van der Waals surface area contributed by atoms with Gasteiger partial charge in [-0.2, -0.15) is 0 Å². The number of benzene rings is 1. The van der Waals surface area contributed by atoms with Crippen molar-refractivity contribution in [2.45, 2.75) is 18.9 Å². The largest absolute Gasteiger partial charge is 0.376 e. The van der Waals surface area contributed by atoms with E-state index in [4.69, 9.17) is 0 Å². The highest BCUT2D eigenvalue weighted by molar-refractivity contribution is 5.93. The monoisotopic (exact) mass is 276 g/mol. The minimum absolute atomic E-state index is 0.117. The van der Waals surface area contributed by atoms with Crippen molar-refractivity contribution in [3.05, 3.63) is 24.3 Å². The van der Waals surface area contributed by atoms with Crippen LogP contribution in [0.3, 0.4) is 0 Å². The third kappa shape index (κ3) is 3.87. The van der Waals surface area contributed by atoms with E-state index in [0.717, 1.165) is 37.3 Å². The van der Waals surface area contributed by atoms with Gasteiger partial charge in [-0.1, -0.05) is 12.1 Å². The first-order valence-electron chi connectivity index (χ1n) is 7.08. The molecule has 1 aliphatic rings. The number of piperidine rings is 1. The van der Waals surface area contributed by atoms with Gasteiger partial charge in [0.15, 0.2) is 0 Å². The normalized spacial score (nSPS) is 16.8. The van der Waals surface area contributed by atoms with Crippen LogP contribution in [0.25, 0.3) is 0 Å². The molecule has 0 saturated carbocycles. The minimum Gasteiger partial charge on any atom is -0.376 e. The molecule has 20 heavy (non-hydrogen) atoms. The molecule has 1 fully saturated rings. The van der Waals surface area contributed by atoms with Gasteiger partial charge in [0.1, 0.15) is 0 Å². The van der Waals surface area contributed by atoms with E-state index in [9.17, 15) is 4.79 Å². The summed E-state index contributed by atoms with van der Waals surface area (Å²) in [5, 5.41) is 6.00. The van der Waals surface area contributed by atoms with E-state index in [2.05, 4.69) is 22.6 Å². The molecule has 0 spiro atoms. The van der Waals surface area contributed by atoms with Crippen LogP contribution in [0.15, 0.2) is 24.3 Å². The fraction of sp³-hybridized carbons (Fsp3) is 0.533. The number of anilines is 2. The molecule has 1 saturated heterocycles. The van der Waals surface area contributed by atoms with Crippen LogP contribution in [-0.2, 0) is 0 Å². The number of likely N-dealkylation sites (tertiary alicyclic amines) is 1. The van der Waals surface area contributed by atoms with Crippen molar-refractivity contribution in [3.63, 3.8) is 0 Å². The zero-order valence-electron chi connectivity index (χ0n) is 12.5. The van der Waals surface area contributed by atoms with Crippen LogP contribution in [0, 0.1) is 0 Å². The third-order valence-electron chi connectivity index (χ3n) is 3.69. The van der Waals surface area contributed by atoms with Crippen LogP contribution >= 0.6 is 0 Å². The molecule has 1 aliphatic heterocycles. The maximum atomic E-state index is 12.1. The number of para-hydroxylation sites is 2. The van der Waals surface area contributed by atoms with Crippen molar-refractivity contribution < 1.29 is 4.79 Å². The Kier molecular flexibility index (Phi) is 4.84. The number of urea groups is 1. The van der Waals surface area contributed by atoms with Gasteiger partial charge in [0, 0.05) is 20.1 Å². The van der Waals surface area contributed by atoms with Crippen molar-refractivity contribution in [1.82, 2.24) is 10.2 Å². The van der Waals surface area contributed by atoms with Crippen LogP contribution in [0.1, 0.15) is 12.8 Å². The number of nitrogens with zero attached hydrogens (tertiary/aromatic N) is 2. The first-order valence-corrected chi connectivity index (χ1v) is 7.08. The molecule has 5 nitrogen and oxygen atoms in total.